The minimum absolute atomic E-state index is 0.0464. The smallest absolute Gasteiger partial charge is 0.406 e. The molecule has 0 fully saturated rings. The maximum absolute atomic E-state index is 12.8. The molecule has 0 unspecified atom stereocenters. The third-order valence-corrected chi connectivity index (χ3v) is 3.92. The average molecular weight is 406 g/mol. The number of aromatic nitrogens is 3. The lowest BCUT2D eigenvalue weighted by Crippen LogP contribution is -2.37. The fraction of sp³-hybridized carbons (Fsp3) is 0.263. The van der Waals surface area contributed by atoms with E-state index < -0.39 is 23.6 Å². The van der Waals surface area contributed by atoms with Gasteiger partial charge in [-0.1, -0.05) is 13.0 Å². The Morgan fingerprint density at radius 3 is 2.69 bits per heavy atom. The van der Waals surface area contributed by atoms with Gasteiger partial charge < -0.3 is 4.74 Å². The van der Waals surface area contributed by atoms with Crippen LogP contribution in [0.1, 0.15) is 24.9 Å². The third kappa shape index (κ3) is 5.09. The summed E-state index contributed by atoms with van der Waals surface area (Å²) in [6.45, 7) is 1.85. The van der Waals surface area contributed by atoms with Crippen LogP contribution in [-0.4, -0.2) is 26.9 Å². The Kier molecular flexibility index (Phi) is 5.81. The molecule has 3 aromatic rings. The fourth-order valence-corrected chi connectivity index (χ4v) is 2.75. The highest BCUT2D eigenvalue weighted by Crippen LogP contribution is 2.25. The summed E-state index contributed by atoms with van der Waals surface area (Å²) >= 11 is 0. The number of alkyl halides is 3. The number of hydrogen-bond acceptors (Lipinski definition) is 5. The normalized spacial score (nSPS) is 11.4. The third-order valence-electron chi connectivity index (χ3n) is 3.92. The number of fused-ring (bicyclic) bond motifs is 1. The molecular weight excluding hydrogens is 389 g/mol. The summed E-state index contributed by atoms with van der Waals surface area (Å²) < 4.78 is 42.3. The molecule has 0 aliphatic heterocycles. The first-order valence-electron chi connectivity index (χ1n) is 8.78. The Morgan fingerprint density at radius 2 is 2.03 bits per heavy atom. The van der Waals surface area contributed by atoms with Crippen molar-refractivity contribution in [2.75, 3.05) is 5.43 Å². The first kappa shape index (κ1) is 20.3. The van der Waals surface area contributed by atoms with E-state index in [-0.39, 0.29) is 23.1 Å². The number of benzene rings is 1. The number of carbonyl (C=O) groups excluding carboxylic acids is 1. The number of carbonyl (C=O) groups is 1. The van der Waals surface area contributed by atoms with Crippen LogP contribution in [0.2, 0.25) is 0 Å². The van der Waals surface area contributed by atoms with Crippen molar-refractivity contribution >= 4 is 16.8 Å². The van der Waals surface area contributed by atoms with Crippen LogP contribution in [0.5, 0.6) is 5.75 Å². The predicted molar refractivity (Wildman–Crippen MR) is 99.0 cm³/mol. The molecule has 3 rings (SSSR count). The van der Waals surface area contributed by atoms with Gasteiger partial charge in [-0.3, -0.25) is 20.0 Å². The minimum Gasteiger partial charge on any atom is -0.406 e. The van der Waals surface area contributed by atoms with E-state index in [0.29, 0.717) is 18.5 Å². The first-order chi connectivity index (χ1) is 13.8. The van der Waals surface area contributed by atoms with E-state index in [1.54, 1.807) is 24.4 Å². The molecule has 2 heterocycles. The van der Waals surface area contributed by atoms with Crippen molar-refractivity contribution in [3.63, 3.8) is 0 Å². The second-order valence-electron chi connectivity index (χ2n) is 6.18. The predicted octanol–water partition coefficient (Wildman–Crippen LogP) is 2.96. The van der Waals surface area contributed by atoms with Crippen LogP contribution in [0.4, 0.5) is 13.2 Å². The van der Waals surface area contributed by atoms with Crippen molar-refractivity contribution in [2.24, 2.45) is 0 Å². The molecule has 0 saturated heterocycles. The number of rotatable bonds is 6. The maximum Gasteiger partial charge on any atom is 0.573 e. The standard InChI is InChI=1S/C19H17F3N4O3/c1-2-5-16-24-15-11-13(29-19(20,21)22)7-8-14(15)18(28)26(16)25-17(27)10-12-6-3-4-9-23-12/h3-4,6-9,11H,2,5,10H2,1H3,(H,25,27). The zero-order valence-corrected chi connectivity index (χ0v) is 15.4. The van der Waals surface area contributed by atoms with Crippen LogP contribution in [0, 0.1) is 0 Å². The van der Waals surface area contributed by atoms with Gasteiger partial charge in [-0.15, -0.1) is 13.2 Å². The lowest BCUT2D eigenvalue weighted by atomic mass is 10.2. The Hall–Kier alpha value is -3.43. The van der Waals surface area contributed by atoms with Crippen LogP contribution in [0.15, 0.2) is 47.4 Å². The highest BCUT2D eigenvalue weighted by atomic mass is 19.4. The fourth-order valence-electron chi connectivity index (χ4n) is 2.75. The molecule has 152 valence electrons. The summed E-state index contributed by atoms with van der Waals surface area (Å²) in [4.78, 5) is 33.5. The molecule has 2 aromatic heterocycles. The van der Waals surface area contributed by atoms with Crippen molar-refractivity contribution in [3.8, 4) is 5.75 Å². The number of nitrogens with zero attached hydrogens (tertiary/aromatic N) is 3. The molecule has 0 bridgehead atoms. The zero-order chi connectivity index (χ0) is 21.0. The highest BCUT2D eigenvalue weighted by Gasteiger charge is 2.31. The number of ether oxygens (including phenoxy) is 1. The van der Waals surface area contributed by atoms with Crippen LogP contribution in [-0.2, 0) is 17.6 Å². The molecule has 29 heavy (non-hydrogen) atoms. The molecular formula is C19H17F3N4O3. The van der Waals surface area contributed by atoms with Gasteiger partial charge in [0.2, 0.25) is 5.91 Å². The molecule has 10 heteroatoms. The summed E-state index contributed by atoms with van der Waals surface area (Å²) in [5.74, 6) is -0.721. The summed E-state index contributed by atoms with van der Waals surface area (Å²) in [5.41, 5.74) is 2.49. The van der Waals surface area contributed by atoms with Gasteiger partial charge in [0, 0.05) is 24.4 Å². The Morgan fingerprint density at radius 1 is 1.24 bits per heavy atom. The monoisotopic (exact) mass is 406 g/mol. The topological polar surface area (TPSA) is 86.1 Å². The molecule has 1 N–H and O–H groups in total. The van der Waals surface area contributed by atoms with Gasteiger partial charge in [-0.2, -0.15) is 0 Å². The second-order valence-corrected chi connectivity index (χ2v) is 6.18. The van der Waals surface area contributed by atoms with Crippen molar-refractivity contribution < 1.29 is 22.7 Å². The number of nitrogens with one attached hydrogen (secondary N) is 1. The van der Waals surface area contributed by atoms with Gasteiger partial charge in [0.15, 0.2) is 0 Å². The van der Waals surface area contributed by atoms with Gasteiger partial charge >= 0.3 is 6.36 Å². The minimum atomic E-state index is -4.85. The lowest BCUT2D eigenvalue weighted by molar-refractivity contribution is -0.274. The van der Waals surface area contributed by atoms with Crippen LogP contribution >= 0.6 is 0 Å². The number of halogens is 3. The van der Waals surface area contributed by atoms with Gasteiger partial charge in [-0.05, 0) is 30.7 Å². The Balaban J connectivity index is 1.96. The largest absolute Gasteiger partial charge is 0.573 e. The van der Waals surface area contributed by atoms with Crippen LogP contribution in [0.3, 0.4) is 0 Å². The quantitative estimate of drug-likeness (QED) is 0.680. The molecule has 0 radical (unpaired) electrons. The van der Waals surface area contributed by atoms with Gasteiger partial charge in [0.25, 0.3) is 5.56 Å². The van der Waals surface area contributed by atoms with E-state index in [1.807, 2.05) is 6.92 Å². The van der Waals surface area contributed by atoms with E-state index in [9.17, 15) is 22.8 Å². The Bertz CT molecular complexity index is 1080. The summed E-state index contributed by atoms with van der Waals surface area (Å²) in [7, 11) is 0. The number of hydrogen-bond donors (Lipinski definition) is 1. The van der Waals surface area contributed by atoms with Gasteiger partial charge in [0.05, 0.1) is 17.3 Å². The van der Waals surface area contributed by atoms with Crippen LogP contribution < -0.4 is 15.7 Å². The molecule has 0 aliphatic rings. The molecule has 1 aromatic carbocycles. The summed E-state index contributed by atoms with van der Waals surface area (Å²) in [6.07, 6.45) is -2.41. The number of pyridine rings is 1. The zero-order valence-electron chi connectivity index (χ0n) is 15.4. The van der Waals surface area contributed by atoms with E-state index in [4.69, 9.17) is 0 Å². The second kappa shape index (κ2) is 8.29. The van der Waals surface area contributed by atoms with Crippen molar-refractivity contribution in [3.05, 3.63) is 64.5 Å². The van der Waals surface area contributed by atoms with Crippen molar-refractivity contribution in [1.82, 2.24) is 14.6 Å². The highest BCUT2D eigenvalue weighted by molar-refractivity contribution is 5.86. The van der Waals surface area contributed by atoms with Crippen molar-refractivity contribution in [1.29, 1.82) is 0 Å². The Labute approximate surface area is 163 Å². The SMILES string of the molecule is CCCc1nc2cc(OC(F)(F)F)ccc2c(=O)n1NC(=O)Cc1ccccn1. The molecule has 1 amide bonds. The molecule has 0 saturated carbocycles. The van der Waals surface area contributed by atoms with E-state index >= 15 is 0 Å². The first-order valence-corrected chi connectivity index (χ1v) is 8.78. The van der Waals surface area contributed by atoms with Crippen LogP contribution in [0.25, 0.3) is 10.9 Å². The average Bonchev–Trinajstić information content (AvgIpc) is 2.64. The molecule has 0 atom stereocenters. The maximum atomic E-state index is 12.8. The van der Waals surface area contributed by atoms with Gasteiger partial charge in [0.1, 0.15) is 11.6 Å². The van der Waals surface area contributed by atoms with E-state index in [2.05, 4.69) is 20.1 Å². The number of amides is 1. The lowest BCUT2D eigenvalue weighted by Gasteiger charge is -2.15. The van der Waals surface area contributed by atoms with E-state index in [1.165, 1.54) is 6.07 Å². The summed E-state index contributed by atoms with van der Waals surface area (Å²) in [5, 5.41) is 0.0533. The molecule has 7 nitrogen and oxygen atoms in total. The molecule has 0 aliphatic carbocycles. The molecule has 0 spiro atoms. The van der Waals surface area contributed by atoms with E-state index in [0.717, 1.165) is 16.8 Å². The summed E-state index contributed by atoms with van der Waals surface area (Å²) in [6, 6.07) is 8.39. The van der Waals surface area contributed by atoms with Crippen molar-refractivity contribution in [2.45, 2.75) is 32.5 Å². The number of aryl methyl sites for hydroxylation is 1. The van der Waals surface area contributed by atoms with Gasteiger partial charge in [-0.25, -0.2) is 9.66 Å².